The van der Waals surface area contributed by atoms with Crippen molar-refractivity contribution in [2.24, 2.45) is 11.8 Å². The molecular formula is C35H37N5O5S2. The number of nitrogens with one attached hydrogen (secondary N) is 2. The van der Waals surface area contributed by atoms with E-state index in [1.165, 1.54) is 23.0 Å². The molecule has 0 aromatic carbocycles. The van der Waals surface area contributed by atoms with Crippen molar-refractivity contribution >= 4 is 37.1 Å². The number of nitrogens with zero attached hydrogens (tertiary/aromatic N) is 3. The second-order valence-corrected chi connectivity index (χ2v) is 16.3. The maximum atomic E-state index is 14.1. The highest BCUT2D eigenvalue weighted by Gasteiger charge is 2.43. The number of thiophene rings is 1. The predicted octanol–water partition coefficient (Wildman–Crippen LogP) is 6.69. The molecule has 0 radical (unpaired) electrons. The van der Waals surface area contributed by atoms with E-state index in [9.17, 15) is 13.2 Å². The fraction of sp³-hybridized carbons (Fsp3) is 0.429. The van der Waals surface area contributed by atoms with Gasteiger partial charge in [0.2, 0.25) is 0 Å². The second-order valence-electron chi connectivity index (χ2n) is 13.3. The van der Waals surface area contributed by atoms with Crippen molar-refractivity contribution in [2.45, 2.75) is 69.2 Å². The largest absolute Gasteiger partial charge is 0.381 e. The van der Waals surface area contributed by atoms with E-state index in [4.69, 9.17) is 19.2 Å². The van der Waals surface area contributed by atoms with Gasteiger partial charge >= 0.3 is 0 Å². The lowest BCUT2D eigenvalue weighted by molar-refractivity contribution is 0.0639. The molecule has 2 atom stereocenters. The van der Waals surface area contributed by atoms with Crippen LogP contribution in [-0.4, -0.2) is 47.5 Å². The van der Waals surface area contributed by atoms with Gasteiger partial charge in [0.05, 0.1) is 44.4 Å². The molecular weight excluding hydrogens is 635 g/mol. The van der Waals surface area contributed by atoms with Gasteiger partial charge in [-0.25, -0.2) is 13.4 Å². The Balaban J connectivity index is 1.32. The average molecular weight is 672 g/mol. The number of H-pyrrole nitrogens is 1. The summed E-state index contributed by atoms with van der Waals surface area (Å²) in [7, 11) is -3.69. The number of hydrogen-bond donors (Lipinski definition) is 2. The number of fused-ring (bicyclic) bond motifs is 3. The number of aryl methyl sites for hydroxylation is 2. The fourth-order valence-electron chi connectivity index (χ4n) is 7.49. The van der Waals surface area contributed by atoms with Crippen molar-refractivity contribution in [1.29, 1.82) is 0 Å². The highest BCUT2D eigenvalue weighted by atomic mass is 32.2. The van der Waals surface area contributed by atoms with Crippen molar-refractivity contribution in [3.63, 3.8) is 0 Å². The van der Waals surface area contributed by atoms with Crippen molar-refractivity contribution in [2.75, 3.05) is 24.3 Å². The summed E-state index contributed by atoms with van der Waals surface area (Å²) in [6.07, 6.45) is 8.92. The Kier molecular flexibility index (Phi) is 7.76. The predicted molar refractivity (Wildman–Crippen MR) is 182 cm³/mol. The van der Waals surface area contributed by atoms with Crippen molar-refractivity contribution in [3.05, 3.63) is 75.7 Å². The van der Waals surface area contributed by atoms with E-state index >= 15 is 0 Å². The summed E-state index contributed by atoms with van der Waals surface area (Å²) in [5, 5.41) is 7.06. The zero-order valence-corrected chi connectivity index (χ0v) is 28.0. The van der Waals surface area contributed by atoms with Gasteiger partial charge in [0.25, 0.3) is 5.56 Å². The topological polar surface area (TPSA) is 140 Å². The minimum Gasteiger partial charge on any atom is -0.381 e. The Labute approximate surface area is 276 Å². The molecule has 0 bridgehead atoms. The van der Waals surface area contributed by atoms with Gasteiger partial charge < -0.3 is 14.6 Å². The number of anilines is 1. The van der Waals surface area contributed by atoms with Gasteiger partial charge in [-0.2, -0.15) is 5.16 Å². The molecule has 2 aliphatic heterocycles. The van der Waals surface area contributed by atoms with Crippen LogP contribution >= 0.6 is 11.3 Å². The third-order valence-electron chi connectivity index (χ3n) is 9.98. The van der Waals surface area contributed by atoms with Gasteiger partial charge in [0.15, 0.2) is 15.6 Å². The Morgan fingerprint density at radius 3 is 2.72 bits per heavy atom. The highest BCUT2D eigenvalue weighted by molar-refractivity contribution is 7.92. The van der Waals surface area contributed by atoms with Gasteiger partial charge in [0, 0.05) is 47.7 Å². The zero-order valence-electron chi connectivity index (χ0n) is 26.4. The van der Waals surface area contributed by atoms with Gasteiger partial charge in [0.1, 0.15) is 5.82 Å². The molecule has 5 aromatic heterocycles. The van der Waals surface area contributed by atoms with E-state index in [0.717, 1.165) is 77.5 Å². The molecule has 1 aliphatic carbocycles. The molecule has 3 aliphatic rings. The summed E-state index contributed by atoms with van der Waals surface area (Å²) in [4.78, 5) is 27.9. The molecule has 0 spiro atoms. The van der Waals surface area contributed by atoms with Gasteiger partial charge in [-0.05, 0) is 79.5 Å². The summed E-state index contributed by atoms with van der Waals surface area (Å²) in [5.41, 5.74) is 4.44. The smallest absolute Gasteiger partial charge is 0.280 e. The number of sulfone groups is 1. The highest BCUT2D eigenvalue weighted by Crippen LogP contribution is 2.51. The molecule has 0 saturated carbocycles. The number of rotatable bonds is 8. The number of pyridine rings is 3. The Bertz CT molecular complexity index is 2140. The first-order chi connectivity index (χ1) is 22.8. The van der Waals surface area contributed by atoms with Gasteiger partial charge in [-0.1, -0.05) is 19.9 Å². The molecule has 8 rings (SSSR count). The van der Waals surface area contributed by atoms with Crippen LogP contribution in [0.2, 0.25) is 0 Å². The SMILES string of the molecule is CC(C)[C@H]1CS(=O)(=O)c2c1nc(CCC1CCOCC1)c(-c1cc(=O)[nH]o1)c2-c1cc2ccnc(N[C@H]3CCc4ncccc43)c2s1. The van der Waals surface area contributed by atoms with Gasteiger partial charge in [-0.3, -0.25) is 14.8 Å². The minimum absolute atomic E-state index is 0.00826. The molecule has 0 unspecified atom stereocenters. The van der Waals surface area contributed by atoms with Crippen LogP contribution in [0.3, 0.4) is 0 Å². The maximum Gasteiger partial charge on any atom is 0.280 e. The molecule has 47 heavy (non-hydrogen) atoms. The van der Waals surface area contributed by atoms with Crippen LogP contribution in [0.5, 0.6) is 0 Å². The quantitative estimate of drug-likeness (QED) is 0.185. The Morgan fingerprint density at radius 1 is 1.09 bits per heavy atom. The molecule has 1 fully saturated rings. The van der Waals surface area contributed by atoms with E-state index in [1.807, 2.05) is 24.4 Å². The molecule has 7 heterocycles. The normalized spacial score (nSPS) is 20.6. The van der Waals surface area contributed by atoms with Gasteiger partial charge in [-0.15, -0.1) is 11.3 Å². The Morgan fingerprint density at radius 2 is 1.94 bits per heavy atom. The van der Waals surface area contributed by atoms with E-state index in [-0.39, 0.29) is 34.1 Å². The summed E-state index contributed by atoms with van der Waals surface area (Å²) in [6, 6.07) is 9.56. The molecule has 0 amide bonds. The van der Waals surface area contributed by atoms with Crippen LogP contribution < -0.4 is 10.9 Å². The van der Waals surface area contributed by atoms with E-state index < -0.39 is 9.84 Å². The van der Waals surface area contributed by atoms with Crippen LogP contribution in [0.4, 0.5) is 5.82 Å². The lowest BCUT2D eigenvalue weighted by Gasteiger charge is -2.23. The average Bonchev–Trinajstić information content (AvgIpc) is 3.85. The first-order valence-electron chi connectivity index (χ1n) is 16.4. The summed E-state index contributed by atoms with van der Waals surface area (Å²) < 4.78 is 40.5. The van der Waals surface area contributed by atoms with Crippen LogP contribution in [0, 0.1) is 11.8 Å². The maximum absolute atomic E-state index is 14.1. The minimum atomic E-state index is -3.69. The van der Waals surface area contributed by atoms with E-state index in [2.05, 4.69) is 35.4 Å². The van der Waals surface area contributed by atoms with Crippen LogP contribution in [-0.2, 0) is 27.4 Å². The van der Waals surface area contributed by atoms with E-state index in [0.29, 0.717) is 34.9 Å². The summed E-state index contributed by atoms with van der Waals surface area (Å²) in [6.45, 7) is 5.60. The van der Waals surface area contributed by atoms with Crippen molar-refractivity contribution in [3.8, 4) is 21.8 Å². The van der Waals surface area contributed by atoms with Crippen LogP contribution in [0.1, 0.15) is 74.1 Å². The second kappa shape index (κ2) is 12.0. The number of aromatic nitrogens is 4. The molecule has 10 nitrogen and oxygen atoms in total. The number of aromatic amines is 1. The molecule has 12 heteroatoms. The Hall–Kier alpha value is -3.87. The number of hydrogen-bond acceptors (Lipinski definition) is 10. The third-order valence-corrected chi connectivity index (χ3v) is 13.0. The first-order valence-corrected chi connectivity index (χ1v) is 18.9. The number of ether oxygens (including phenoxy) is 1. The summed E-state index contributed by atoms with van der Waals surface area (Å²) >= 11 is 1.51. The molecule has 5 aromatic rings. The fourth-order valence-corrected chi connectivity index (χ4v) is 10.9. The lowest BCUT2D eigenvalue weighted by Crippen LogP contribution is -2.17. The molecule has 1 saturated heterocycles. The van der Waals surface area contributed by atoms with Crippen molar-refractivity contribution in [1.82, 2.24) is 20.1 Å². The first kappa shape index (κ1) is 30.5. The third kappa shape index (κ3) is 5.49. The van der Waals surface area contributed by atoms with E-state index in [1.54, 1.807) is 6.20 Å². The van der Waals surface area contributed by atoms with Crippen LogP contribution in [0.25, 0.3) is 31.9 Å². The summed E-state index contributed by atoms with van der Waals surface area (Å²) in [5.74, 6) is 1.40. The molecule has 244 valence electrons. The van der Waals surface area contributed by atoms with Crippen molar-refractivity contribution < 1.29 is 17.7 Å². The van der Waals surface area contributed by atoms with Crippen LogP contribution in [0.15, 0.2) is 56.9 Å². The zero-order chi connectivity index (χ0) is 32.3. The lowest BCUT2D eigenvalue weighted by atomic mass is 9.88. The monoisotopic (exact) mass is 671 g/mol. The molecule has 2 N–H and O–H groups in total. The standard InChI is InChI=1S/C35H37N5O5S2/c1-19(2)23-18-47(42,43)34-31(30(27-17-29(41)40-45-27)26(38-32(23)34)6-5-20-10-14-44-15-11-20)28-16-21-9-13-37-35(33(21)46-28)39-25-8-7-24-22(25)4-3-12-36-24/h3-4,9,12-13,16-17,19-20,23,25H,5-8,10-11,14-15,18H2,1-2H3,(H,37,39)(H,40,41)/t23-,25+/m1/s1.